The molecule has 2 aromatic carbocycles. The molecular weight excluding hydrogens is 569 g/mol. The predicted molar refractivity (Wildman–Crippen MR) is 161 cm³/mol. The van der Waals surface area contributed by atoms with Crippen molar-refractivity contribution in [2.75, 3.05) is 36.9 Å². The standard InChI is InChI=1S/C30H33F3N6O2.ClH/c1-3-40-26(30(31,32)33)18-37-24-10-4-8-22-21(24)12-11-19(2)27(22)41-28-23(9-6-15-35-28)25-13-16-36-29(39-25)38-20-7-5-14-34-17-20;/h4,6,8-13,15-16,20,26,34,37H,3,5,7,14,17-18H2,1-2H3,(H,36,38,39);1H/t20-,26-;/m0./s1. The van der Waals surface area contributed by atoms with Crippen LogP contribution in [0.5, 0.6) is 11.6 Å². The second-order valence-corrected chi connectivity index (χ2v) is 9.89. The normalized spacial score (nSPS) is 16.0. The average molecular weight is 603 g/mol. The SMILES string of the molecule is CCO[C@@H](CNc1cccc2c(Oc3ncccc3-c3ccnc(N[C@H]4CCCNC4)n3)c(C)ccc12)C(F)(F)F.Cl. The average Bonchev–Trinajstić information content (AvgIpc) is 2.97. The molecule has 1 saturated heterocycles. The van der Waals surface area contributed by atoms with Crippen LogP contribution in [-0.2, 0) is 4.74 Å². The molecule has 2 atom stereocenters. The van der Waals surface area contributed by atoms with E-state index in [4.69, 9.17) is 14.5 Å². The Bertz CT molecular complexity index is 1480. The van der Waals surface area contributed by atoms with Crippen molar-refractivity contribution in [1.29, 1.82) is 0 Å². The molecule has 0 spiro atoms. The molecule has 42 heavy (non-hydrogen) atoms. The summed E-state index contributed by atoms with van der Waals surface area (Å²) in [5, 5.41) is 11.2. The van der Waals surface area contributed by atoms with E-state index < -0.39 is 18.8 Å². The molecule has 0 unspecified atom stereocenters. The number of ether oxygens (including phenoxy) is 2. The first kappa shape index (κ1) is 31.3. The zero-order valence-electron chi connectivity index (χ0n) is 23.4. The first-order valence-electron chi connectivity index (χ1n) is 13.7. The van der Waals surface area contributed by atoms with Crippen LogP contribution in [0.3, 0.4) is 0 Å². The summed E-state index contributed by atoms with van der Waals surface area (Å²) in [6, 6.07) is 14.9. The highest BCUT2D eigenvalue weighted by molar-refractivity contribution is 5.98. The zero-order valence-corrected chi connectivity index (χ0v) is 24.2. The minimum atomic E-state index is -4.47. The molecule has 0 bridgehead atoms. The van der Waals surface area contributed by atoms with Gasteiger partial charge in [0.1, 0.15) is 5.75 Å². The fraction of sp³-hybridized carbons (Fsp3) is 0.367. The van der Waals surface area contributed by atoms with Gasteiger partial charge in [-0.05, 0) is 63.1 Å². The topological polar surface area (TPSA) is 93.2 Å². The van der Waals surface area contributed by atoms with E-state index in [1.807, 2.05) is 43.3 Å². The lowest BCUT2D eigenvalue weighted by atomic mass is 10.0. The number of halogens is 4. The number of alkyl halides is 3. The zero-order chi connectivity index (χ0) is 28.8. The first-order valence-corrected chi connectivity index (χ1v) is 13.7. The largest absolute Gasteiger partial charge is 0.437 e. The molecule has 3 heterocycles. The molecule has 1 fully saturated rings. The van der Waals surface area contributed by atoms with Crippen LogP contribution in [0.2, 0.25) is 0 Å². The first-order chi connectivity index (χ1) is 19.8. The summed E-state index contributed by atoms with van der Waals surface area (Å²) >= 11 is 0. The van der Waals surface area contributed by atoms with Crippen molar-refractivity contribution in [1.82, 2.24) is 20.3 Å². The number of nitrogens with zero attached hydrogens (tertiary/aromatic N) is 3. The highest BCUT2D eigenvalue weighted by Crippen LogP contribution is 2.39. The molecule has 8 nitrogen and oxygen atoms in total. The van der Waals surface area contributed by atoms with Gasteiger partial charge in [-0.25, -0.2) is 15.0 Å². The predicted octanol–water partition coefficient (Wildman–Crippen LogP) is 6.76. The number of benzene rings is 2. The number of piperidine rings is 1. The number of rotatable bonds is 10. The van der Waals surface area contributed by atoms with Gasteiger partial charge in [0, 0.05) is 48.0 Å². The van der Waals surface area contributed by atoms with Gasteiger partial charge in [0.2, 0.25) is 11.8 Å². The monoisotopic (exact) mass is 602 g/mol. The van der Waals surface area contributed by atoms with Crippen LogP contribution in [0.15, 0.2) is 60.9 Å². The highest BCUT2D eigenvalue weighted by atomic mass is 35.5. The van der Waals surface area contributed by atoms with E-state index in [-0.39, 0.29) is 25.1 Å². The maximum atomic E-state index is 13.4. The van der Waals surface area contributed by atoms with Gasteiger partial charge in [0.25, 0.3) is 0 Å². The molecule has 0 radical (unpaired) electrons. The fourth-order valence-corrected chi connectivity index (χ4v) is 4.90. The molecule has 12 heteroatoms. The summed E-state index contributed by atoms with van der Waals surface area (Å²) in [4.78, 5) is 13.6. The smallest absolute Gasteiger partial charge is 0.416 e. The van der Waals surface area contributed by atoms with Crippen molar-refractivity contribution in [3.63, 3.8) is 0 Å². The van der Waals surface area contributed by atoms with E-state index in [1.54, 1.807) is 31.5 Å². The molecular formula is C30H34ClF3N6O2. The third-order valence-electron chi connectivity index (χ3n) is 6.95. The molecule has 0 amide bonds. The quantitative estimate of drug-likeness (QED) is 0.183. The van der Waals surface area contributed by atoms with Gasteiger partial charge in [-0.15, -0.1) is 12.4 Å². The fourth-order valence-electron chi connectivity index (χ4n) is 4.90. The number of anilines is 2. The Kier molecular flexibility index (Phi) is 10.4. The maximum Gasteiger partial charge on any atom is 0.416 e. The lowest BCUT2D eigenvalue weighted by Gasteiger charge is -2.23. The van der Waals surface area contributed by atoms with E-state index in [9.17, 15) is 13.2 Å². The van der Waals surface area contributed by atoms with E-state index in [0.717, 1.165) is 42.3 Å². The minimum Gasteiger partial charge on any atom is -0.437 e. The van der Waals surface area contributed by atoms with Crippen molar-refractivity contribution in [3.8, 4) is 22.9 Å². The van der Waals surface area contributed by atoms with E-state index in [1.165, 1.54) is 0 Å². The Morgan fingerprint density at radius 1 is 1.05 bits per heavy atom. The Hall–Kier alpha value is -3.67. The Morgan fingerprint density at radius 3 is 2.67 bits per heavy atom. The van der Waals surface area contributed by atoms with Gasteiger partial charge in [-0.1, -0.05) is 24.3 Å². The molecule has 3 N–H and O–H groups in total. The van der Waals surface area contributed by atoms with E-state index in [0.29, 0.717) is 34.5 Å². The molecule has 5 rings (SSSR count). The van der Waals surface area contributed by atoms with Crippen molar-refractivity contribution in [3.05, 3.63) is 66.5 Å². The summed E-state index contributed by atoms with van der Waals surface area (Å²) in [6.45, 7) is 4.88. The molecule has 1 aliphatic heterocycles. The van der Waals surface area contributed by atoms with E-state index in [2.05, 4.69) is 25.9 Å². The third kappa shape index (κ3) is 7.39. The summed E-state index contributed by atoms with van der Waals surface area (Å²) in [5.41, 5.74) is 2.74. The summed E-state index contributed by atoms with van der Waals surface area (Å²) < 4.78 is 51.6. The second-order valence-electron chi connectivity index (χ2n) is 9.89. The van der Waals surface area contributed by atoms with Crippen LogP contribution < -0.4 is 20.7 Å². The van der Waals surface area contributed by atoms with Crippen LogP contribution in [0.4, 0.5) is 24.8 Å². The molecule has 224 valence electrons. The van der Waals surface area contributed by atoms with Crippen molar-refractivity contribution >= 4 is 34.8 Å². The molecule has 2 aromatic heterocycles. The van der Waals surface area contributed by atoms with Crippen molar-refractivity contribution < 1.29 is 22.6 Å². The van der Waals surface area contributed by atoms with Crippen molar-refractivity contribution in [2.24, 2.45) is 0 Å². The highest BCUT2D eigenvalue weighted by Gasteiger charge is 2.40. The van der Waals surface area contributed by atoms with Crippen LogP contribution in [0.1, 0.15) is 25.3 Å². The molecule has 4 aromatic rings. The minimum absolute atomic E-state index is 0. The van der Waals surface area contributed by atoms with Gasteiger partial charge >= 0.3 is 6.18 Å². The van der Waals surface area contributed by atoms with Gasteiger partial charge in [-0.2, -0.15) is 13.2 Å². The third-order valence-corrected chi connectivity index (χ3v) is 6.95. The number of hydrogen-bond donors (Lipinski definition) is 3. The maximum absolute atomic E-state index is 13.4. The van der Waals surface area contributed by atoms with Gasteiger partial charge in [-0.3, -0.25) is 0 Å². The van der Waals surface area contributed by atoms with Crippen LogP contribution in [-0.4, -0.2) is 59.5 Å². The van der Waals surface area contributed by atoms with Gasteiger partial charge in [0.15, 0.2) is 6.10 Å². The van der Waals surface area contributed by atoms with Crippen molar-refractivity contribution in [2.45, 2.75) is 45.0 Å². The van der Waals surface area contributed by atoms with Gasteiger partial charge < -0.3 is 25.4 Å². The summed E-state index contributed by atoms with van der Waals surface area (Å²) in [7, 11) is 0. The molecule has 1 aliphatic rings. The number of pyridine rings is 1. The Morgan fingerprint density at radius 2 is 1.90 bits per heavy atom. The number of nitrogens with one attached hydrogen (secondary N) is 3. The number of aromatic nitrogens is 3. The Balaban J connectivity index is 0.00000405. The van der Waals surface area contributed by atoms with Crippen LogP contribution >= 0.6 is 12.4 Å². The number of fused-ring (bicyclic) bond motifs is 1. The summed E-state index contributed by atoms with van der Waals surface area (Å²) in [6.07, 6.45) is -0.907. The second kappa shape index (κ2) is 14.0. The molecule has 0 aliphatic carbocycles. The van der Waals surface area contributed by atoms with E-state index >= 15 is 0 Å². The molecule has 0 saturated carbocycles. The van der Waals surface area contributed by atoms with Crippen LogP contribution in [0, 0.1) is 6.92 Å². The lowest BCUT2D eigenvalue weighted by molar-refractivity contribution is -0.214. The van der Waals surface area contributed by atoms with Crippen LogP contribution in [0.25, 0.3) is 22.0 Å². The Labute approximate surface area is 248 Å². The lowest BCUT2D eigenvalue weighted by Crippen LogP contribution is -2.38. The number of aryl methyl sites for hydroxylation is 1. The summed E-state index contributed by atoms with van der Waals surface area (Å²) in [5.74, 6) is 1.45. The van der Waals surface area contributed by atoms with Gasteiger partial charge in [0.05, 0.1) is 17.8 Å². The number of hydrogen-bond acceptors (Lipinski definition) is 8.